The molecule has 0 aliphatic carbocycles. The Morgan fingerprint density at radius 3 is 1.88 bits per heavy atom. The molecule has 0 radical (unpaired) electrons. The van der Waals surface area contributed by atoms with Gasteiger partial charge in [-0.15, -0.1) is 0 Å². The summed E-state index contributed by atoms with van der Waals surface area (Å²) in [5.74, 6) is 0. The van der Waals surface area contributed by atoms with Gasteiger partial charge < -0.3 is 5.43 Å². The predicted molar refractivity (Wildman–Crippen MR) is 102 cm³/mol. The van der Waals surface area contributed by atoms with Gasteiger partial charge in [-0.2, -0.15) is 0 Å². The molecular weight excluding hydrogens is 308 g/mol. The van der Waals surface area contributed by atoms with E-state index in [1.807, 2.05) is 66.7 Å². The zero-order valence-electron chi connectivity index (χ0n) is 13.7. The Bertz CT molecular complexity index is 1000. The number of nitrogens with one attached hydrogen (secondary N) is 1. The second-order valence-corrected chi connectivity index (χ2v) is 5.96. The van der Waals surface area contributed by atoms with Gasteiger partial charge in [0.1, 0.15) is 0 Å². The normalized spacial score (nSPS) is 10.9. The molecule has 0 saturated heterocycles. The Labute approximate surface area is 146 Å². The van der Waals surface area contributed by atoms with Crippen LogP contribution in [0, 0.1) is 0 Å². The predicted octanol–water partition coefficient (Wildman–Crippen LogP) is 4.33. The summed E-state index contributed by atoms with van der Waals surface area (Å²) in [6.07, 6.45) is 1.80. The van der Waals surface area contributed by atoms with Gasteiger partial charge in [0.05, 0.1) is 6.04 Å². The molecule has 0 unspecified atom stereocenters. The topological polar surface area (TPSA) is 34.0 Å². The first-order valence-corrected chi connectivity index (χ1v) is 8.30. The Hall–Kier alpha value is -3.33. The molecule has 25 heavy (non-hydrogen) atoms. The van der Waals surface area contributed by atoms with Crippen molar-refractivity contribution in [1.82, 2.24) is 4.68 Å². The maximum Gasteiger partial charge on any atom is 0.276 e. The number of fused-ring (bicyclic) bond motifs is 1. The van der Waals surface area contributed by atoms with Crippen molar-refractivity contribution in [1.29, 1.82) is 0 Å². The van der Waals surface area contributed by atoms with Gasteiger partial charge in [-0.1, -0.05) is 78.9 Å². The van der Waals surface area contributed by atoms with E-state index in [9.17, 15) is 4.79 Å². The first-order chi connectivity index (χ1) is 12.3. The molecule has 1 N–H and O–H groups in total. The van der Waals surface area contributed by atoms with Crippen molar-refractivity contribution in [2.24, 2.45) is 0 Å². The lowest BCUT2D eigenvalue weighted by Crippen LogP contribution is -2.31. The molecule has 0 atom stereocenters. The fraction of sp³-hybridized carbons (Fsp3) is 0.0455. The molecule has 0 spiro atoms. The number of hydrogen-bond donors (Lipinski definition) is 1. The standard InChI is InChI=1S/C22H18N2O/c25-22-20-14-8-7-9-17(20)15-16-24(22)23-21(18-10-3-1-4-11-18)19-12-5-2-6-13-19/h1-16,21,23H. The summed E-state index contributed by atoms with van der Waals surface area (Å²) in [5, 5.41) is 1.65. The van der Waals surface area contributed by atoms with E-state index in [0.717, 1.165) is 16.5 Å². The van der Waals surface area contributed by atoms with Crippen molar-refractivity contribution < 1.29 is 0 Å². The summed E-state index contributed by atoms with van der Waals surface area (Å²) in [6, 6.07) is 29.8. The molecule has 4 rings (SSSR count). The van der Waals surface area contributed by atoms with Crippen molar-refractivity contribution in [2.45, 2.75) is 6.04 Å². The Balaban J connectivity index is 1.80. The summed E-state index contributed by atoms with van der Waals surface area (Å²) in [6.45, 7) is 0. The van der Waals surface area contributed by atoms with Gasteiger partial charge in [-0.05, 0) is 28.6 Å². The maximum atomic E-state index is 12.8. The largest absolute Gasteiger partial charge is 0.311 e. The van der Waals surface area contributed by atoms with E-state index >= 15 is 0 Å². The van der Waals surface area contributed by atoms with Crippen LogP contribution in [0.25, 0.3) is 10.8 Å². The van der Waals surface area contributed by atoms with Crippen LogP contribution in [0.15, 0.2) is 102 Å². The molecule has 3 heteroatoms. The highest BCUT2D eigenvalue weighted by Crippen LogP contribution is 2.22. The monoisotopic (exact) mass is 326 g/mol. The molecule has 0 aliphatic rings. The minimum absolute atomic E-state index is 0.0463. The Kier molecular flexibility index (Phi) is 4.05. The third-order valence-electron chi connectivity index (χ3n) is 4.35. The Morgan fingerprint density at radius 2 is 1.24 bits per heavy atom. The second-order valence-electron chi connectivity index (χ2n) is 5.96. The molecular formula is C22H18N2O. The zero-order chi connectivity index (χ0) is 17.1. The van der Waals surface area contributed by atoms with Crippen LogP contribution in [0.2, 0.25) is 0 Å². The molecule has 0 saturated carbocycles. The van der Waals surface area contributed by atoms with E-state index in [1.54, 1.807) is 10.9 Å². The Morgan fingerprint density at radius 1 is 0.680 bits per heavy atom. The first kappa shape index (κ1) is 15.2. The number of aromatic nitrogens is 1. The van der Waals surface area contributed by atoms with Gasteiger partial charge in [0.15, 0.2) is 0 Å². The van der Waals surface area contributed by atoms with E-state index in [4.69, 9.17) is 0 Å². The molecule has 1 heterocycles. The highest BCUT2D eigenvalue weighted by Gasteiger charge is 2.14. The molecule has 1 aromatic heterocycles. The van der Waals surface area contributed by atoms with E-state index in [-0.39, 0.29) is 11.6 Å². The van der Waals surface area contributed by atoms with E-state index < -0.39 is 0 Å². The van der Waals surface area contributed by atoms with Gasteiger partial charge in [0.2, 0.25) is 0 Å². The number of pyridine rings is 1. The maximum absolute atomic E-state index is 12.8. The summed E-state index contributed by atoms with van der Waals surface area (Å²) < 4.78 is 1.58. The summed E-state index contributed by atoms with van der Waals surface area (Å²) >= 11 is 0. The van der Waals surface area contributed by atoms with Crippen LogP contribution in [0.5, 0.6) is 0 Å². The number of hydrogen-bond acceptors (Lipinski definition) is 2. The van der Waals surface area contributed by atoms with Crippen LogP contribution in [0.1, 0.15) is 17.2 Å². The lowest BCUT2D eigenvalue weighted by atomic mass is 9.99. The second kappa shape index (κ2) is 6.65. The van der Waals surface area contributed by atoms with Crippen LogP contribution in [-0.4, -0.2) is 4.68 Å². The summed E-state index contributed by atoms with van der Waals surface area (Å²) in [5.41, 5.74) is 5.54. The number of nitrogens with zero attached hydrogens (tertiary/aromatic N) is 1. The van der Waals surface area contributed by atoms with Crippen molar-refractivity contribution in [3.05, 3.63) is 119 Å². The van der Waals surface area contributed by atoms with Gasteiger partial charge in [-0.3, -0.25) is 4.79 Å². The molecule has 0 bridgehead atoms. The highest BCUT2D eigenvalue weighted by atomic mass is 16.1. The highest BCUT2D eigenvalue weighted by molar-refractivity contribution is 5.81. The number of rotatable bonds is 4. The van der Waals surface area contributed by atoms with Gasteiger partial charge >= 0.3 is 0 Å². The zero-order valence-corrected chi connectivity index (χ0v) is 13.7. The van der Waals surface area contributed by atoms with E-state index in [0.29, 0.717) is 5.39 Å². The minimum Gasteiger partial charge on any atom is -0.311 e. The molecule has 0 aliphatic heterocycles. The van der Waals surface area contributed by atoms with Crippen molar-refractivity contribution in [2.75, 3.05) is 5.43 Å². The van der Waals surface area contributed by atoms with Gasteiger partial charge in [-0.25, -0.2) is 4.68 Å². The SMILES string of the molecule is O=c1c2ccccc2ccn1NC(c1ccccc1)c1ccccc1. The molecule has 4 aromatic rings. The first-order valence-electron chi connectivity index (χ1n) is 8.30. The van der Waals surface area contributed by atoms with E-state index in [1.165, 1.54) is 0 Å². The molecule has 3 aromatic carbocycles. The van der Waals surface area contributed by atoms with Gasteiger partial charge in [0.25, 0.3) is 5.56 Å². The third kappa shape index (κ3) is 3.04. The van der Waals surface area contributed by atoms with Crippen LogP contribution in [-0.2, 0) is 0 Å². The van der Waals surface area contributed by atoms with Crippen LogP contribution >= 0.6 is 0 Å². The molecule has 0 amide bonds. The fourth-order valence-electron chi connectivity index (χ4n) is 3.06. The van der Waals surface area contributed by atoms with Crippen LogP contribution in [0.3, 0.4) is 0 Å². The molecule has 122 valence electrons. The van der Waals surface area contributed by atoms with Gasteiger partial charge in [0, 0.05) is 11.6 Å². The quantitative estimate of drug-likeness (QED) is 0.605. The lowest BCUT2D eigenvalue weighted by Gasteiger charge is -2.22. The van der Waals surface area contributed by atoms with Crippen molar-refractivity contribution >= 4 is 10.8 Å². The average molecular weight is 326 g/mol. The summed E-state index contributed by atoms with van der Waals surface area (Å²) in [4.78, 5) is 12.8. The van der Waals surface area contributed by atoms with Crippen LogP contribution < -0.4 is 11.0 Å². The molecule has 3 nitrogen and oxygen atoms in total. The smallest absolute Gasteiger partial charge is 0.276 e. The minimum atomic E-state index is -0.110. The van der Waals surface area contributed by atoms with Crippen LogP contribution in [0.4, 0.5) is 0 Å². The van der Waals surface area contributed by atoms with Crippen molar-refractivity contribution in [3.63, 3.8) is 0 Å². The lowest BCUT2D eigenvalue weighted by molar-refractivity contribution is 0.737. The third-order valence-corrected chi connectivity index (χ3v) is 4.35. The number of benzene rings is 3. The average Bonchev–Trinajstić information content (AvgIpc) is 2.69. The molecule has 0 fully saturated rings. The van der Waals surface area contributed by atoms with E-state index in [2.05, 4.69) is 29.7 Å². The summed E-state index contributed by atoms with van der Waals surface area (Å²) in [7, 11) is 0. The fourth-order valence-corrected chi connectivity index (χ4v) is 3.06. The van der Waals surface area contributed by atoms with Crippen molar-refractivity contribution in [3.8, 4) is 0 Å².